The summed E-state index contributed by atoms with van der Waals surface area (Å²) in [7, 11) is 0. The molecule has 0 radical (unpaired) electrons. The number of nitrogens with one attached hydrogen (secondary N) is 1. The van der Waals surface area contributed by atoms with E-state index in [4.69, 9.17) is 4.42 Å². The van der Waals surface area contributed by atoms with Crippen molar-refractivity contribution in [1.82, 2.24) is 20.5 Å². The van der Waals surface area contributed by atoms with Crippen LogP contribution < -0.4 is 5.32 Å². The summed E-state index contributed by atoms with van der Waals surface area (Å²) in [5.41, 5.74) is 2.48. The SMILES string of the molecule is CCNC(C)c1nnc(-c2cscn2)o1. The molecule has 2 aromatic heterocycles. The first-order chi connectivity index (χ1) is 7.31. The van der Waals surface area contributed by atoms with Gasteiger partial charge < -0.3 is 9.73 Å². The van der Waals surface area contributed by atoms with Gasteiger partial charge in [0.05, 0.1) is 11.6 Å². The molecule has 0 bridgehead atoms. The van der Waals surface area contributed by atoms with Crippen LogP contribution in [0.1, 0.15) is 25.8 Å². The molecule has 0 amide bonds. The summed E-state index contributed by atoms with van der Waals surface area (Å²) in [6.45, 7) is 4.89. The molecule has 0 aliphatic carbocycles. The van der Waals surface area contributed by atoms with Crippen LogP contribution in [-0.2, 0) is 0 Å². The van der Waals surface area contributed by atoms with Crippen LogP contribution in [0, 0.1) is 0 Å². The van der Waals surface area contributed by atoms with Gasteiger partial charge in [0.25, 0.3) is 5.89 Å². The Kier molecular flexibility index (Phi) is 3.08. The molecule has 2 aromatic rings. The summed E-state index contributed by atoms with van der Waals surface area (Å²) in [5.74, 6) is 1.08. The molecular weight excluding hydrogens is 212 g/mol. The fraction of sp³-hybridized carbons (Fsp3) is 0.444. The summed E-state index contributed by atoms with van der Waals surface area (Å²) in [5, 5.41) is 13.0. The number of aromatic nitrogens is 3. The van der Waals surface area contributed by atoms with Crippen LogP contribution >= 0.6 is 11.3 Å². The predicted molar refractivity (Wildman–Crippen MR) is 57.5 cm³/mol. The van der Waals surface area contributed by atoms with E-state index in [-0.39, 0.29) is 6.04 Å². The molecule has 5 nitrogen and oxygen atoms in total. The van der Waals surface area contributed by atoms with Crippen LogP contribution in [0.3, 0.4) is 0 Å². The van der Waals surface area contributed by atoms with Crippen molar-refractivity contribution in [3.8, 4) is 11.6 Å². The van der Waals surface area contributed by atoms with Gasteiger partial charge in [-0.05, 0) is 13.5 Å². The molecule has 0 saturated heterocycles. The Labute approximate surface area is 91.6 Å². The maximum Gasteiger partial charge on any atom is 0.267 e. The van der Waals surface area contributed by atoms with Crippen molar-refractivity contribution in [2.24, 2.45) is 0 Å². The molecule has 0 saturated carbocycles. The second-order valence-electron chi connectivity index (χ2n) is 3.10. The van der Waals surface area contributed by atoms with Crippen molar-refractivity contribution in [3.63, 3.8) is 0 Å². The molecule has 0 aliphatic heterocycles. The molecule has 0 spiro atoms. The van der Waals surface area contributed by atoms with Gasteiger partial charge in [-0.15, -0.1) is 21.5 Å². The minimum Gasteiger partial charge on any atom is -0.418 e. The third-order valence-electron chi connectivity index (χ3n) is 1.97. The van der Waals surface area contributed by atoms with Crippen LogP contribution in [0.2, 0.25) is 0 Å². The maximum atomic E-state index is 5.50. The molecule has 1 unspecified atom stereocenters. The normalized spacial score (nSPS) is 12.9. The quantitative estimate of drug-likeness (QED) is 0.858. The fourth-order valence-electron chi connectivity index (χ4n) is 1.22. The van der Waals surface area contributed by atoms with E-state index in [1.54, 1.807) is 5.51 Å². The summed E-state index contributed by atoms with van der Waals surface area (Å²) < 4.78 is 5.50. The zero-order valence-corrected chi connectivity index (χ0v) is 9.41. The smallest absolute Gasteiger partial charge is 0.267 e. The van der Waals surface area contributed by atoms with Crippen LogP contribution in [-0.4, -0.2) is 21.7 Å². The van der Waals surface area contributed by atoms with Crippen LogP contribution in [0.4, 0.5) is 0 Å². The van der Waals surface area contributed by atoms with Gasteiger partial charge in [-0.3, -0.25) is 0 Å². The van der Waals surface area contributed by atoms with Gasteiger partial charge in [-0.25, -0.2) is 4.98 Å². The second kappa shape index (κ2) is 4.50. The van der Waals surface area contributed by atoms with E-state index in [1.807, 2.05) is 19.2 Å². The Bertz CT molecular complexity index is 411. The molecular formula is C9H12N4OS. The lowest BCUT2D eigenvalue weighted by molar-refractivity contribution is 0.428. The van der Waals surface area contributed by atoms with Crippen molar-refractivity contribution >= 4 is 11.3 Å². The Morgan fingerprint density at radius 1 is 1.53 bits per heavy atom. The maximum absolute atomic E-state index is 5.50. The Morgan fingerprint density at radius 2 is 2.40 bits per heavy atom. The highest BCUT2D eigenvalue weighted by atomic mass is 32.1. The largest absolute Gasteiger partial charge is 0.418 e. The zero-order valence-electron chi connectivity index (χ0n) is 8.60. The number of rotatable bonds is 4. The van der Waals surface area contributed by atoms with Gasteiger partial charge >= 0.3 is 0 Å². The topological polar surface area (TPSA) is 63.8 Å². The molecule has 2 rings (SSSR count). The summed E-state index contributed by atoms with van der Waals surface area (Å²) in [4.78, 5) is 4.11. The van der Waals surface area contributed by atoms with Crippen molar-refractivity contribution in [1.29, 1.82) is 0 Å². The molecule has 0 fully saturated rings. The molecule has 0 aliphatic rings. The van der Waals surface area contributed by atoms with Gasteiger partial charge in [0.15, 0.2) is 0 Å². The highest BCUT2D eigenvalue weighted by Gasteiger charge is 2.14. The van der Waals surface area contributed by atoms with Gasteiger partial charge in [-0.2, -0.15) is 0 Å². The molecule has 2 heterocycles. The van der Waals surface area contributed by atoms with Crippen LogP contribution in [0.15, 0.2) is 15.3 Å². The Balaban J connectivity index is 2.17. The first-order valence-electron chi connectivity index (χ1n) is 4.76. The van der Waals surface area contributed by atoms with E-state index in [0.29, 0.717) is 11.8 Å². The predicted octanol–water partition coefficient (Wildman–Crippen LogP) is 1.86. The molecule has 15 heavy (non-hydrogen) atoms. The zero-order chi connectivity index (χ0) is 10.7. The first kappa shape index (κ1) is 10.3. The average molecular weight is 224 g/mol. The highest BCUT2D eigenvalue weighted by Crippen LogP contribution is 2.19. The Morgan fingerprint density at radius 3 is 3.07 bits per heavy atom. The van der Waals surface area contributed by atoms with Gasteiger partial charge in [0, 0.05) is 5.38 Å². The highest BCUT2D eigenvalue weighted by molar-refractivity contribution is 7.07. The number of nitrogens with zero attached hydrogens (tertiary/aromatic N) is 3. The lowest BCUT2D eigenvalue weighted by Crippen LogP contribution is -2.17. The number of hydrogen-bond donors (Lipinski definition) is 1. The van der Waals surface area contributed by atoms with Crippen LogP contribution in [0.5, 0.6) is 0 Å². The van der Waals surface area contributed by atoms with Crippen molar-refractivity contribution in [2.45, 2.75) is 19.9 Å². The van der Waals surface area contributed by atoms with E-state index >= 15 is 0 Å². The average Bonchev–Trinajstić information content (AvgIpc) is 2.89. The second-order valence-corrected chi connectivity index (χ2v) is 3.82. The number of hydrogen-bond acceptors (Lipinski definition) is 6. The minimum absolute atomic E-state index is 0.0786. The van der Waals surface area contributed by atoms with Crippen molar-refractivity contribution in [3.05, 3.63) is 16.8 Å². The lowest BCUT2D eigenvalue weighted by atomic mass is 10.3. The van der Waals surface area contributed by atoms with Gasteiger partial charge in [0.1, 0.15) is 5.69 Å². The fourth-order valence-corrected chi connectivity index (χ4v) is 1.75. The van der Waals surface area contributed by atoms with E-state index in [2.05, 4.69) is 20.5 Å². The summed E-state index contributed by atoms with van der Waals surface area (Å²) in [6.07, 6.45) is 0. The molecule has 6 heteroatoms. The molecule has 80 valence electrons. The van der Waals surface area contributed by atoms with E-state index < -0.39 is 0 Å². The van der Waals surface area contributed by atoms with E-state index in [9.17, 15) is 0 Å². The first-order valence-corrected chi connectivity index (χ1v) is 5.71. The van der Waals surface area contributed by atoms with Crippen molar-refractivity contribution in [2.75, 3.05) is 6.54 Å². The minimum atomic E-state index is 0.0786. The van der Waals surface area contributed by atoms with Crippen LogP contribution in [0.25, 0.3) is 11.6 Å². The van der Waals surface area contributed by atoms with Crippen molar-refractivity contribution < 1.29 is 4.42 Å². The van der Waals surface area contributed by atoms with Gasteiger partial charge in [0.2, 0.25) is 5.89 Å². The summed E-state index contributed by atoms with van der Waals surface area (Å²) >= 11 is 1.51. The monoisotopic (exact) mass is 224 g/mol. The summed E-state index contributed by atoms with van der Waals surface area (Å²) in [6, 6.07) is 0.0786. The number of thiazole rings is 1. The molecule has 0 aromatic carbocycles. The third kappa shape index (κ3) is 2.21. The van der Waals surface area contributed by atoms with E-state index in [1.165, 1.54) is 11.3 Å². The third-order valence-corrected chi connectivity index (χ3v) is 2.56. The van der Waals surface area contributed by atoms with Gasteiger partial charge in [-0.1, -0.05) is 6.92 Å². The lowest BCUT2D eigenvalue weighted by Gasteiger charge is -2.05. The molecule has 1 atom stereocenters. The standard InChI is InChI=1S/C9H12N4OS/c1-3-10-6(2)8-12-13-9(14-8)7-4-15-5-11-7/h4-6,10H,3H2,1-2H3. The van der Waals surface area contributed by atoms with E-state index in [0.717, 1.165) is 12.2 Å². The Hall–Kier alpha value is -1.27. The molecule has 1 N–H and O–H groups in total.